The predicted molar refractivity (Wildman–Crippen MR) is 51.3 cm³/mol. The maximum atomic E-state index is 11.4. The van der Waals surface area contributed by atoms with Gasteiger partial charge in [0.25, 0.3) is 0 Å². The zero-order valence-electron chi connectivity index (χ0n) is 7.77. The molecule has 0 aromatic heterocycles. The van der Waals surface area contributed by atoms with Crippen molar-refractivity contribution >= 4 is 11.8 Å². The van der Waals surface area contributed by atoms with Crippen LogP contribution in [0.15, 0.2) is 25.3 Å². The minimum Gasteiger partial charge on any atom is -0.310 e. The van der Waals surface area contributed by atoms with E-state index in [1.54, 1.807) is 6.08 Å². The number of hydrogen-bond donors (Lipinski definition) is 1. The van der Waals surface area contributed by atoms with Gasteiger partial charge in [-0.05, 0) is 0 Å². The summed E-state index contributed by atoms with van der Waals surface area (Å²) < 4.78 is 0. The van der Waals surface area contributed by atoms with Crippen LogP contribution in [0.4, 0.5) is 0 Å². The second-order valence-electron chi connectivity index (χ2n) is 2.71. The number of nitrogens with one attached hydrogen (secondary N) is 1. The molecule has 1 saturated heterocycles. The van der Waals surface area contributed by atoms with Crippen LogP contribution in [0.2, 0.25) is 0 Å². The summed E-state index contributed by atoms with van der Waals surface area (Å²) in [5, 5.41) is 1.19. The van der Waals surface area contributed by atoms with Crippen LogP contribution in [-0.2, 0) is 9.59 Å². The van der Waals surface area contributed by atoms with Crippen molar-refractivity contribution in [3.63, 3.8) is 0 Å². The number of carbonyl (C=O) groups is 2. The van der Waals surface area contributed by atoms with E-state index in [-0.39, 0.29) is 0 Å². The Kier molecular flexibility index (Phi) is 3.41. The standard InChI is InChI=1S/C9H12N3O2/c1-3-5-11-7-10-12(6-4-2)9(14)8(11)13/h3-4,7,10H,1-2,5-6H2. The molecule has 0 atom stereocenters. The molecule has 1 N–H and O–H groups in total. The maximum Gasteiger partial charge on any atom is 0.326 e. The molecule has 1 aliphatic rings. The molecular formula is C9H12N3O2. The molecule has 1 radical (unpaired) electrons. The van der Waals surface area contributed by atoms with Gasteiger partial charge in [0.2, 0.25) is 0 Å². The molecule has 1 fully saturated rings. The summed E-state index contributed by atoms with van der Waals surface area (Å²) in [7, 11) is 0. The Morgan fingerprint density at radius 1 is 1.21 bits per heavy atom. The number of amides is 2. The van der Waals surface area contributed by atoms with Gasteiger partial charge < -0.3 is 4.90 Å². The molecule has 14 heavy (non-hydrogen) atoms. The minimum atomic E-state index is -0.589. The highest BCUT2D eigenvalue weighted by atomic mass is 16.2. The molecule has 0 aliphatic carbocycles. The number of hydrogen-bond acceptors (Lipinski definition) is 3. The third kappa shape index (κ3) is 2.00. The lowest BCUT2D eigenvalue weighted by molar-refractivity contribution is -0.156. The van der Waals surface area contributed by atoms with Crippen LogP contribution in [-0.4, -0.2) is 34.8 Å². The van der Waals surface area contributed by atoms with Gasteiger partial charge in [-0.1, -0.05) is 12.2 Å². The molecule has 1 aliphatic heterocycles. The fourth-order valence-electron chi connectivity index (χ4n) is 1.03. The topological polar surface area (TPSA) is 52.6 Å². The third-order valence-corrected chi connectivity index (χ3v) is 1.70. The second kappa shape index (κ2) is 4.57. The van der Waals surface area contributed by atoms with Crippen LogP contribution in [0.3, 0.4) is 0 Å². The lowest BCUT2D eigenvalue weighted by Crippen LogP contribution is -2.57. The lowest BCUT2D eigenvalue weighted by Gasteiger charge is -2.32. The van der Waals surface area contributed by atoms with Crippen LogP contribution in [0.25, 0.3) is 0 Å². The Labute approximate surface area is 82.6 Å². The van der Waals surface area contributed by atoms with Gasteiger partial charge in [0.05, 0.1) is 6.54 Å². The largest absolute Gasteiger partial charge is 0.326 e. The van der Waals surface area contributed by atoms with Gasteiger partial charge in [-0.3, -0.25) is 14.6 Å². The van der Waals surface area contributed by atoms with E-state index in [4.69, 9.17) is 0 Å². The summed E-state index contributed by atoms with van der Waals surface area (Å²) in [5.41, 5.74) is 2.68. The van der Waals surface area contributed by atoms with E-state index in [1.807, 2.05) is 0 Å². The fraction of sp³-hybridized carbons (Fsp3) is 0.222. The number of hydrazine groups is 1. The maximum absolute atomic E-state index is 11.4. The molecule has 2 amide bonds. The molecule has 0 aromatic carbocycles. The SMILES string of the molecule is C=CCN1[CH]NN(CC=C)C(=O)C1=O. The van der Waals surface area contributed by atoms with Gasteiger partial charge >= 0.3 is 11.8 Å². The molecule has 0 spiro atoms. The summed E-state index contributed by atoms with van der Waals surface area (Å²) in [6.45, 7) is 9.02. The summed E-state index contributed by atoms with van der Waals surface area (Å²) in [6, 6.07) is 0. The Balaban J connectivity index is 2.64. The number of nitrogens with zero attached hydrogens (tertiary/aromatic N) is 2. The van der Waals surface area contributed by atoms with Gasteiger partial charge in [0, 0.05) is 6.54 Å². The van der Waals surface area contributed by atoms with Crippen LogP contribution < -0.4 is 5.43 Å². The highest BCUT2D eigenvalue weighted by Gasteiger charge is 2.31. The van der Waals surface area contributed by atoms with Gasteiger partial charge in [-0.15, -0.1) is 13.2 Å². The first-order valence-corrected chi connectivity index (χ1v) is 4.14. The third-order valence-electron chi connectivity index (χ3n) is 1.70. The quantitative estimate of drug-likeness (QED) is 0.491. The van der Waals surface area contributed by atoms with Gasteiger partial charge in [0.15, 0.2) is 0 Å². The highest BCUT2D eigenvalue weighted by molar-refractivity contribution is 6.35. The van der Waals surface area contributed by atoms with Crippen molar-refractivity contribution in [3.8, 4) is 0 Å². The van der Waals surface area contributed by atoms with Gasteiger partial charge in [0.1, 0.15) is 6.67 Å². The van der Waals surface area contributed by atoms with Crippen molar-refractivity contribution in [1.29, 1.82) is 0 Å². The molecule has 75 valence electrons. The smallest absolute Gasteiger partial charge is 0.310 e. The lowest BCUT2D eigenvalue weighted by atomic mass is 10.4. The van der Waals surface area contributed by atoms with Crippen LogP contribution in [0.5, 0.6) is 0 Å². The molecular weight excluding hydrogens is 182 g/mol. The second-order valence-corrected chi connectivity index (χ2v) is 2.71. The van der Waals surface area contributed by atoms with Crippen molar-refractivity contribution in [3.05, 3.63) is 32.0 Å². The average molecular weight is 194 g/mol. The van der Waals surface area contributed by atoms with Gasteiger partial charge in [-0.2, -0.15) is 0 Å². The predicted octanol–water partition coefficient (Wildman–Crippen LogP) is -0.347. The van der Waals surface area contributed by atoms with E-state index >= 15 is 0 Å². The first-order chi connectivity index (χ1) is 6.70. The Morgan fingerprint density at radius 2 is 1.86 bits per heavy atom. The van der Waals surface area contributed by atoms with Crippen molar-refractivity contribution in [2.45, 2.75) is 0 Å². The van der Waals surface area contributed by atoms with E-state index < -0.39 is 11.8 Å². The summed E-state index contributed by atoms with van der Waals surface area (Å²) in [5.74, 6) is -1.15. The Morgan fingerprint density at radius 3 is 2.43 bits per heavy atom. The molecule has 0 aromatic rings. The van der Waals surface area contributed by atoms with Crippen molar-refractivity contribution in [1.82, 2.24) is 15.3 Å². The molecule has 0 bridgehead atoms. The number of carbonyl (C=O) groups excluding carboxylic acids is 2. The minimum absolute atomic E-state index is 0.295. The summed E-state index contributed by atoms with van der Waals surface area (Å²) in [4.78, 5) is 24.0. The molecule has 1 heterocycles. The first kappa shape index (κ1) is 10.5. The molecule has 1 rings (SSSR count). The van der Waals surface area contributed by atoms with Crippen LogP contribution in [0.1, 0.15) is 0 Å². The molecule has 0 unspecified atom stereocenters. The van der Waals surface area contributed by atoms with Crippen molar-refractivity contribution < 1.29 is 9.59 Å². The highest BCUT2D eigenvalue weighted by Crippen LogP contribution is 2.03. The van der Waals surface area contributed by atoms with E-state index in [0.29, 0.717) is 13.1 Å². The van der Waals surface area contributed by atoms with E-state index in [0.717, 1.165) is 0 Å². The zero-order valence-corrected chi connectivity index (χ0v) is 7.77. The average Bonchev–Trinajstić information content (AvgIpc) is 2.18. The Bertz CT molecular complexity index is 247. The summed E-state index contributed by atoms with van der Waals surface area (Å²) >= 11 is 0. The Hall–Kier alpha value is -1.62. The summed E-state index contributed by atoms with van der Waals surface area (Å²) in [6.07, 6.45) is 3.09. The number of rotatable bonds is 4. The van der Waals surface area contributed by atoms with E-state index in [2.05, 4.69) is 18.6 Å². The van der Waals surface area contributed by atoms with Crippen LogP contribution >= 0.6 is 0 Å². The first-order valence-electron chi connectivity index (χ1n) is 4.14. The van der Waals surface area contributed by atoms with Crippen molar-refractivity contribution in [2.24, 2.45) is 0 Å². The van der Waals surface area contributed by atoms with Gasteiger partial charge in [-0.25, -0.2) is 5.43 Å². The normalized spacial score (nSPS) is 17.1. The van der Waals surface area contributed by atoms with E-state index in [9.17, 15) is 9.59 Å². The fourth-order valence-corrected chi connectivity index (χ4v) is 1.03. The molecule has 5 nitrogen and oxygen atoms in total. The monoisotopic (exact) mass is 194 g/mol. The zero-order chi connectivity index (χ0) is 10.6. The molecule has 5 heteroatoms. The van der Waals surface area contributed by atoms with Crippen LogP contribution in [0, 0.1) is 6.67 Å². The molecule has 0 saturated carbocycles. The van der Waals surface area contributed by atoms with E-state index in [1.165, 1.54) is 22.7 Å². The van der Waals surface area contributed by atoms with Crippen molar-refractivity contribution in [2.75, 3.05) is 13.1 Å².